The number of guanidine groups is 1. The molecule has 2 fully saturated rings. The minimum atomic E-state index is 0. The highest BCUT2D eigenvalue weighted by Gasteiger charge is 2.35. The first-order chi connectivity index (χ1) is 12.7. The average molecular weight is 486 g/mol. The second-order valence-corrected chi connectivity index (χ2v) is 7.81. The molecular formula is C21H35IN4O. The highest BCUT2D eigenvalue weighted by molar-refractivity contribution is 14.0. The Labute approximate surface area is 180 Å². The average Bonchev–Trinajstić information content (AvgIpc) is 3.06. The second-order valence-electron chi connectivity index (χ2n) is 7.81. The van der Waals surface area contributed by atoms with Gasteiger partial charge in [0, 0.05) is 44.5 Å². The molecule has 3 rings (SSSR count). The number of aromatic nitrogens is 1. The predicted molar refractivity (Wildman–Crippen MR) is 123 cm³/mol. The number of aryl methyl sites for hydroxylation is 1. The van der Waals surface area contributed by atoms with Gasteiger partial charge in [0.25, 0.3) is 5.56 Å². The highest BCUT2D eigenvalue weighted by atomic mass is 127. The van der Waals surface area contributed by atoms with Crippen LogP contribution in [0, 0.1) is 18.8 Å². The maximum atomic E-state index is 11.9. The molecule has 1 saturated heterocycles. The van der Waals surface area contributed by atoms with E-state index >= 15 is 0 Å². The first-order valence-electron chi connectivity index (χ1n) is 10.4. The third-order valence-corrected chi connectivity index (χ3v) is 5.93. The van der Waals surface area contributed by atoms with Crippen molar-refractivity contribution in [2.75, 3.05) is 26.2 Å². The van der Waals surface area contributed by atoms with Crippen molar-refractivity contribution in [2.24, 2.45) is 16.8 Å². The van der Waals surface area contributed by atoms with E-state index in [1.807, 2.05) is 23.6 Å². The Morgan fingerprint density at radius 2 is 1.89 bits per heavy atom. The van der Waals surface area contributed by atoms with E-state index in [4.69, 9.17) is 4.99 Å². The van der Waals surface area contributed by atoms with Crippen LogP contribution in [0.25, 0.3) is 0 Å². The number of likely N-dealkylation sites (tertiary alicyclic amines) is 1. The molecule has 6 heteroatoms. The van der Waals surface area contributed by atoms with Crippen molar-refractivity contribution in [3.05, 3.63) is 34.2 Å². The van der Waals surface area contributed by atoms with Crippen LogP contribution in [0.4, 0.5) is 0 Å². The number of aliphatic imine (C=N–C) groups is 1. The summed E-state index contributed by atoms with van der Waals surface area (Å²) in [6.07, 6.45) is 7.59. The first-order valence-corrected chi connectivity index (χ1v) is 10.4. The van der Waals surface area contributed by atoms with Gasteiger partial charge in [-0.05, 0) is 57.4 Å². The third kappa shape index (κ3) is 5.96. The van der Waals surface area contributed by atoms with E-state index in [0.717, 1.165) is 56.0 Å². The fraction of sp³-hybridized carbons (Fsp3) is 0.714. The van der Waals surface area contributed by atoms with Gasteiger partial charge in [0.1, 0.15) is 0 Å². The summed E-state index contributed by atoms with van der Waals surface area (Å²) in [5.41, 5.74) is 1.13. The summed E-state index contributed by atoms with van der Waals surface area (Å²) >= 11 is 0. The van der Waals surface area contributed by atoms with E-state index in [0.29, 0.717) is 0 Å². The highest BCUT2D eigenvalue weighted by Crippen LogP contribution is 2.35. The van der Waals surface area contributed by atoms with Crippen LogP contribution in [-0.2, 0) is 6.54 Å². The molecule has 1 aliphatic heterocycles. The maximum Gasteiger partial charge on any atom is 0.250 e. The first kappa shape index (κ1) is 22.2. The van der Waals surface area contributed by atoms with Crippen molar-refractivity contribution < 1.29 is 0 Å². The van der Waals surface area contributed by atoms with E-state index in [1.165, 1.54) is 38.8 Å². The topological polar surface area (TPSA) is 49.6 Å². The van der Waals surface area contributed by atoms with Crippen LogP contribution in [0.5, 0.6) is 0 Å². The molecule has 2 unspecified atom stereocenters. The number of fused-ring (bicyclic) bond motifs is 1. The lowest BCUT2D eigenvalue weighted by Gasteiger charge is -2.22. The summed E-state index contributed by atoms with van der Waals surface area (Å²) in [6.45, 7) is 9.02. The van der Waals surface area contributed by atoms with Crippen LogP contribution in [0.3, 0.4) is 0 Å². The molecule has 1 N–H and O–H groups in total. The summed E-state index contributed by atoms with van der Waals surface area (Å²) < 4.78 is 1.86. The number of nitrogens with zero attached hydrogens (tertiary/aromatic N) is 3. The molecule has 152 valence electrons. The largest absolute Gasteiger partial charge is 0.357 e. The standard InChI is InChI=1S/C21H34N4O.HI/c1-3-22-21(24-15-18-10-4-5-11-19(18)16-24)23-13-6-7-14-25-17(2)9-8-12-20(25)26;/h8-9,12,18-19H,3-7,10-11,13-16H2,1-2H3,(H,22,23);1H. The molecule has 1 aromatic heterocycles. The van der Waals surface area contributed by atoms with Gasteiger partial charge in [0.15, 0.2) is 5.96 Å². The Balaban J connectivity index is 0.00000261. The molecule has 0 bridgehead atoms. The number of rotatable bonds is 6. The molecule has 0 radical (unpaired) electrons. The summed E-state index contributed by atoms with van der Waals surface area (Å²) in [5, 5.41) is 3.48. The van der Waals surface area contributed by atoms with Gasteiger partial charge in [-0.3, -0.25) is 9.79 Å². The number of hydrogen-bond donors (Lipinski definition) is 1. The molecule has 0 spiro atoms. The Hall–Kier alpha value is -1.05. The maximum absolute atomic E-state index is 11.9. The van der Waals surface area contributed by atoms with Gasteiger partial charge in [-0.15, -0.1) is 24.0 Å². The van der Waals surface area contributed by atoms with Crippen molar-refractivity contribution in [3.8, 4) is 0 Å². The molecule has 2 aliphatic rings. The van der Waals surface area contributed by atoms with Crippen molar-refractivity contribution >= 4 is 29.9 Å². The summed E-state index contributed by atoms with van der Waals surface area (Å²) in [7, 11) is 0. The van der Waals surface area contributed by atoms with Crippen molar-refractivity contribution in [1.82, 2.24) is 14.8 Å². The lowest BCUT2D eigenvalue weighted by Crippen LogP contribution is -2.40. The van der Waals surface area contributed by atoms with Crippen LogP contribution in [-0.4, -0.2) is 41.6 Å². The fourth-order valence-electron chi connectivity index (χ4n) is 4.48. The second kappa shape index (κ2) is 11.1. The van der Waals surface area contributed by atoms with Crippen molar-refractivity contribution in [1.29, 1.82) is 0 Å². The molecule has 1 aliphatic carbocycles. The SMILES string of the molecule is CCNC(=NCCCCn1c(C)cccc1=O)N1CC2CCCCC2C1.I. The van der Waals surface area contributed by atoms with E-state index in [2.05, 4.69) is 17.1 Å². The van der Waals surface area contributed by atoms with Gasteiger partial charge < -0.3 is 14.8 Å². The lowest BCUT2D eigenvalue weighted by molar-refractivity contribution is 0.299. The molecule has 2 atom stereocenters. The molecule has 5 nitrogen and oxygen atoms in total. The van der Waals surface area contributed by atoms with Gasteiger partial charge in [-0.1, -0.05) is 18.9 Å². The quantitative estimate of drug-likeness (QED) is 0.289. The van der Waals surface area contributed by atoms with Gasteiger partial charge in [0.05, 0.1) is 0 Å². The summed E-state index contributed by atoms with van der Waals surface area (Å²) in [4.78, 5) is 19.3. The Kier molecular flexibility index (Phi) is 9.12. The number of nitrogens with one attached hydrogen (secondary N) is 1. The number of hydrogen-bond acceptors (Lipinski definition) is 2. The van der Waals surface area contributed by atoms with Crippen LogP contribution in [0.2, 0.25) is 0 Å². The van der Waals surface area contributed by atoms with Gasteiger partial charge in [-0.2, -0.15) is 0 Å². The Morgan fingerprint density at radius 3 is 2.52 bits per heavy atom. The zero-order chi connectivity index (χ0) is 18.4. The molecule has 1 aromatic rings. The number of halogens is 1. The smallest absolute Gasteiger partial charge is 0.250 e. The monoisotopic (exact) mass is 486 g/mol. The predicted octanol–water partition coefficient (Wildman–Crippen LogP) is 3.64. The van der Waals surface area contributed by atoms with Crippen molar-refractivity contribution in [2.45, 2.75) is 58.9 Å². The third-order valence-electron chi connectivity index (χ3n) is 5.93. The van der Waals surface area contributed by atoms with E-state index in [1.54, 1.807) is 6.07 Å². The zero-order valence-electron chi connectivity index (χ0n) is 16.8. The summed E-state index contributed by atoms with van der Waals surface area (Å²) in [6, 6.07) is 5.46. The van der Waals surface area contributed by atoms with E-state index in [-0.39, 0.29) is 29.5 Å². The van der Waals surface area contributed by atoms with Crippen LogP contribution in [0.1, 0.15) is 51.1 Å². The molecule has 0 aromatic carbocycles. The van der Waals surface area contributed by atoms with Gasteiger partial charge in [-0.25, -0.2) is 0 Å². The normalized spacial score (nSPS) is 22.3. The van der Waals surface area contributed by atoms with Crippen LogP contribution in [0.15, 0.2) is 28.0 Å². The number of unbranched alkanes of at least 4 members (excludes halogenated alkanes) is 1. The lowest BCUT2D eigenvalue weighted by atomic mass is 9.82. The van der Waals surface area contributed by atoms with Gasteiger partial charge in [0.2, 0.25) is 0 Å². The van der Waals surface area contributed by atoms with Crippen LogP contribution >= 0.6 is 24.0 Å². The fourth-order valence-corrected chi connectivity index (χ4v) is 4.48. The zero-order valence-corrected chi connectivity index (χ0v) is 19.2. The Morgan fingerprint density at radius 1 is 1.19 bits per heavy atom. The molecular weight excluding hydrogens is 451 g/mol. The minimum absolute atomic E-state index is 0. The molecule has 2 heterocycles. The van der Waals surface area contributed by atoms with Gasteiger partial charge >= 0.3 is 0 Å². The summed E-state index contributed by atoms with van der Waals surface area (Å²) in [5.74, 6) is 2.84. The van der Waals surface area contributed by atoms with E-state index < -0.39 is 0 Å². The van der Waals surface area contributed by atoms with Crippen LogP contribution < -0.4 is 10.9 Å². The molecule has 27 heavy (non-hydrogen) atoms. The Bertz CT molecular complexity index is 658. The van der Waals surface area contributed by atoms with Crippen molar-refractivity contribution in [3.63, 3.8) is 0 Å². The minimum Gasteiger partial charge on any atom is -0.357 e. The molecule has 0 amide bonds. The molecule has 1 saturated carbocycles. The van der Waals surface area contributed by atoms with E-state index in [9.17, 15) is 4.79 Å². The number of pyridine rings is 1.